The van der Waals surface area contributed by atoms with Gasteiger partial charge < -0.3 is 14.3 Å². The van der Waals surface area contributed by atoms with E-state index in [4.69, 9.17) is 4.42 Å². The summed E-state index contributed by atoms with van der Waals surface area (Å²) in [6, 6.07) is 18.6. The minimum Gasteiger partial charge on any atom is -0.452 e. The molecule has 2 aromatic carbocycles. The van der Waals surface area contributed by atoms with Crippen molar-refractivity contribution in [1.82, 2.24) is 9.97 Å². The van der Waals surface area contributed by atoms with Crippen molar-refractivity contribution in [2.75, 3.05) is 18.5 Å². The highest BCUT2D eigenvalue weighted by molar-refractivity contribution is 5.82. The van der Waals surface area contributed by atoms with Gasteiger partial charge in [0.25, 0.3) is 0 Å². The number of rotatable bonds is 1. The molecule has 1 aliphatic heterocycles. The van der Waals surface area contributed by atoms with Crippen LogP contribution < -0.4 is 4.90 Å². The first kappa shape index (κ1) is 13.4. The highest BCUT2D eigenvalue weighted by atomic mass is 16.3. The van der Waals surface area contributed by atoms with Crippen molar-refractivity contribution in [3.05, 3.63) is 60.2 Å². The quantitative estimate of drug-likeness (QED) is 0.563. The first-order valence-corrected chi connectivity index (χ1v) is 8.18. The van der Waals surface area contributed by atoms with Crippen molar-refractivity contribution in [3.8, 4) is 22.9 Å². The van der Waals surface area contributed by atoms with Crippen LogP contribution in [0.5, 0.6) is 0 Å². The molecular weight excluding hydrogens is 298 g/mol. The minimum atomic E-state index is 0.787. The third-order valence-electron chi connectivity index (χ3n) is 4.71. The number of H-pyrrole nitrogens is 1. The van der Waals surface area contributed by atoms with E-state index >= 15 is 0 Å². The Hall–Kier alpha value is -3.01. The van der Waals surface area contributed by atoms with Gasteiger partial charge in [-0.25, -0.2) is 4.98 Å². The minimum absolute atomic E-state index is 0.787. The van der Waals surface area contributed by atoms with Crippen LogP contribution in [0.3, 0.4) is 0 Å². The molecule has 1 N–H and O–H groups in total. The van der Waals surface area contributed by atoms with E-state index < -0.39 is 0 Å². The van der Waals surface area contributed by atoms with Gasteiger partial charge in [0.15, 0.2) is 11.6 Å². The Morgan fingerprint density at radius 2 is 1.92 bits per heavy atom. The molecule has 0 radical (unpaired) electrons. The number of hydrogen-bond donors (Lipinski definition) is 1. The summed E-state index contributed by atoms with van der Waals surface area (Å²) >= 11 is 0. The van der Waals surface area contributed by atoms with Gasteiger partial charge in [0, 0.05) is 30.4 Å². The fourth-order valence-electron chi connectivity index (χ4n) is 3.44. The van der Waals surface area contributed by atoms with Crippen LogP contribution in [0, 0.1) is 0 Å². The van der Waals surface area contributed by atoms with Crippen LogP contribution in [0.1, 0.15) is 5.56 Å². The molecule has 4 nitrogen and oxygen atoms in total. The standard InChI is InChI=1S/C20H17N3O/c1-23-11-10-13-12-18(20-21-15-7-3-4-8-16(15)22-20)24-19(13)14-6-2-5-9-17(14)23/h2-9,12H,10-11H2,1H3,(H,21,22). The first-order valence-electron chi connectivity index (χ1n) is 8.18. The number of aromatic nitrogens is 2. The van der Waals surface area contributed by atoms with Crippen LogP contribution in [0.4, 0.5) is 5.69 Å². The SMILES string of the molecule is CN1CCc2cc(-c3nc4ccccc4[nH]3)oc2-c2ccccc21. The molecule has 0 amide bonds. The van der Waals surface area contributed by atoms with Gasteiger partial charge in [-0.2, -0.15) is 0 Å². The number of imidazole rings is 1. The van der Waals surface area contributed by atoms with Crippen molar-refractivity contribution in [3.63, 3.8) is 0 Å². The molecule has 0 aliphatic carbocycles. The predicted octanol–water partition coefficient (Wildman–Crippen LogP) is 4.48. The molecule has 0 bridgehead atoms. The zero-order chi connectivity index (χ0) is 16.1. The van der Waals surface area contributed by atoms with Crippen LogP contribution in [0.2, 0.25) is 0 Å². The number of fused-ring (bicyclic) bond motifs is 4. The van der Waals surface area contributed by atoms with Crippen LogP contribution in [-0.4, -0.2) is 23.6 Å². The number of anilines is 1. The Balaban J connectivity index is 1.68. The summed E-state index contributed by atoms with van der Waals surface area (Å²) in [5, 5.41) is 0. The zero-order valence-corrected chi connectivity index (χ0v) is 13.4. The van der Waals surface area contributed by atoms with Crippen molar-refractivity contribution >= 4 is 16.7 Å². The summed E-state index contributed by atoms with van der Waals surface area (Å²) in [6.07, 6.45) is 0.963. The largest absolute Gasteiger partial charge is 0.452 e. The maximum Gasteiger partial charge on any atom is 0.174 e. The van der Waals surface area contributed by atoms with Gasteiger partial charge in [-0.15, -0.1) is 0 Å². The molecule has 4 heteroatoms. The Labute approximate surface area is 139 Å². The monoisotopic (exact) mass is 315 g/mol. The second kappa shape index (κ2) is 4.99. The van der Waals surface area contributed by atoms with E-state index in [0.29, 0.717) is 0 Å². The lowest BCUT2D eigenvalue weighted by molar-refractivity contribution is 0.591. The Morgan fingerprint density at radius 3 is 2.83 bits per heavy atom. The molecule has 0 fully saturated rings. The third-order valence-corrected chi connectivity index (χ3v) is 4.71. The van der Waals surface area contributed by atoms with E-state index in [1.807, 2.05) is 24.3 Å². The predicted molar refractivity (Wildman–Crippen MR) is 96.2 cm³/mol. The topological polar surface area (TPSA) is 45.1 Å². The van der Waals surface area contributed by atoms with E-state index in [1.165, 1.54) is 11.3 Å². The van der Waals surface area contributed by atoms with E-state index in [-0.39, 0.29) is 0 Å². The summed E-state index contributed by atoms with van der Waals surface area (Å²) in [5.74, 6) is 2.55. The number of nitrogens with one attached hydrogen (secondary N) is 1. The summed E-state index contributed by atoms with van der Waals surface area (Å²) in [7, 11) is 2.13. The molecular formula is C20H17N3O. The van der Waals surface area contributed by atoms with Gasteiger partial charge in [-0.05, 0) is 36.8 Å². The Morgan fingerprint density at radius 1 is 1.08 bits per heavy atom. The lowest BCUT2D eigenvalue weighted by atomic mass is 10.1. The molecule has 0 spiro atoms. The van der Waals surface area contributed by atoms with Crippen molar-refractivity contribution in [2.24, 2.45) is 0 Å². The second-order valence-corrected chi connectivity index (χ2v) is 6.26. The highest BCUT2D eigenvalue weighted by Crippen LogP contribution is 2.39. The molecule has 4 aromatic rings. The van der Waals surface area contributed by atoms with Crippen LogP contribution in [0.15, 0.2) is 59.0 Å². The van der Waals surface area contributed by atoms with E-state index in [1.54, 1.807) is 0 Å². The lowest BCUT2D eigenvalue weighted by Crippen LogP contribution is -2.18. The average molecular weight is 315 g/mol. The van der Waals surface area contributed by atoms with Crippen molar-refractivity contribution < 1.29 is 4.42 Å². The molecule has 0 unspecified atom stereocenters. The Kier molecular flexibility index (Phi) is 2.80. The van der Waals surface area contributed by atoms with Crippen LogP contribution >= 0.6 is 0 Å². The molecule has 24 heavy (non-hydrogen) atoms. The summed E-state index contributed by atoms with van der Waals surface area (Å²) in [6.45, 7) is 0.975. The van der Waals surface area contributed by atoms with Crippen molar-refractivity contribution in [1.29, 1.82) is 0 Å². The molecule has 0 atom stereocenters. The molecule has 1 aliphatic rings. The van der Waals surface area contributed by atoms with Gasteiger partial charge in [0.2, 0.25) is 0 Å². The number of furan rings is 1. The lowest BCUT2D eigenvalue weighted by Gasteiger charge is -2.18. The van der Waals surface area contributed by atoms with Crippen LogP contribution in [0.25, 0.3) is 33.9 Å². The number of nitrogens with zero attached hydrogens (tertiary/aromatic N) is 2. The number of likely N-dealkylation sites (N-methyl/N-ethyl adjacent to an activating group) is 1. The van der Waals surface area contributed by atoms with Gasteiger partial charge in [-0.3, -0.25) is 0 Å². The average Bonchev–Trinajstić information content (AvgIpc) is 3.20. The number of para-hydroxylation sites is 3. The molecule has 2 aromatic heterocycles. The van der Waals surface area contributed by atoms with Gasteiger partial charge in [0.05, 0.1) is 11.0 Å². The zero-order valence-electron chi connectivity index (χ0n) is 13.4. The smallest absolute Gasteiger partial charge is 0.174 e. The maximum absolute atomic E-state index is 6.26. The summed E-state index contributed by atoms with van der Waals surface area (Å²) in [4.78, 5) is 10.3. The van der Waals surface area contributed by atoms with Crippen molar-refractivity contribution in [2.45, 2.75) is 6.42 Å². The third kappa shape index (κ3) is 1.96. The number of hydrogen-bond acceptors (Lipinski definition) is 3. The van der Waals surface area contributed by atoms with Crippen LogP contribution in [-0.2, 0) is 6.42 Å². The van der Waals surface area contributed by atoms with E-state index in [9.17, 15) is 0 Å². The summed E-state index contributed by atoms with van der Waals surface area (Å²) in [5.41, 5.74) is 5.58. The second-order valence-electron chi connectivity index (χ2n) is 6.26. The first-order chi connectivity index (χ1) is 11.8. The Bertz CT molecular complexity index is 1010. The normalized spacial score (nSPS) is 13.6. The van der Waals surface area contributed by atoms with Gasteiger partial charge in [-0.1, -0.05) is 24.3 Å². The molecule has 0 saturated carbocycles. The number of aromatic amines is 1. The van der Waals surface area contributed by atoms with Gasteiger partial charge in [0.1, 0.15) is 5.76 Å². The fourth-order valence-corrected chi connectivity index (χ4v) is 3.44. The molecule has 0 saturated heterocycles. The van der Waals surface area contributed by atoms with Gasteiger partial charge >= 0.3 is 0 Å². The maximum atomic E-state index is 6.26. The molecule has 118 valence electrons. The fraction of sp³-hybridized carbons (Fsp3) is 0.150. The molecule has 3 heterocycles. The van der Waals surface area contributed by atoms with E-state index in [2.05, 4.69) is 52.2 Å². The molecule has 5 rings (SSSR count). The number of benzene rings is 2. The van der Waals surface area contributed by atoms with E-state index in [0.717, 1.165) is 46.9 Å². The summed E-state index contributed by atoms with van der Waals surface area (Å²) < 4.78 is 6.26. The highest BCUT2D eigenvalue weighted by Gasteiger charge is 2.22.